The number of halogens is 1. The van der Waals surface area contributed by atoms with Crippen molar-refractivity contribution in [2.75, 3.05) is 20.2 Å². The number of aliphatic carboxylic acids is 1. The molecule has 0 unspecified atom stereocenters. The van der Waals surface area contributed by atoms with Crippen LogP contribution in [0.5, 0.6) is 5.75 Å². The predicted octanol–water partition coefficient (Wildman–Crippen LogP) is 6.78. The standard InChI is InChI=1S/C32H32ClN3O4/c1-40-24-12-13-25(26(33)20-24)31-28(9-5-6-10-30(37)38)34-29-19-23(11-14-27(29)35-31)32(39)36-17-15-22(16-18-36)21-7-3-2-4-8-21/h2-4,7-8,11-14,19-20,22H,5-6,9-10,15-18H2,1H3,(H,37,38). The van der Waals surface area contributed by atoms with Crippen LogP contribution in [0.25, 0.3) is 22.3 Å². The Balaban J connectivity index is 1.40. The third-order valence-corrected chi connectivity index (χ3v) is 7.83. The Kier molecular flexibility index (Phi) is 8.60. The number of rotatable bonds is 9. The number of benzene rings is 3. The number of hydrogen-bond acceptors (Lipinski definition) is 5. The number of nitrogens with zero attached hydrogens (tertiary/aromatic N) is 3. The van der Waals surface area contributed by atoms with Crippen LogP contribution in [0.3, 0.4) is 0 Å². The third kappa shape index (κ3) is 6.26. The van der Waals surface area contributed by atoms with Gasteiger partial charge in [0, 0.05) is 30.6 Å². The molecule has 5 rings (SSSR count). The maximum absolute atomic E-state index is 13.4. The minimum absolute atomic E-state index is 0.000459. The van der Waals surface area contributed by atoms with Crippen molar-refractivity contribution in [1.29, 1.82) is 0 Å². The Bertz CT molecular complexity index is 1520. The summed E-state index contributed by atoms with van der Waals surface area (Å²) in [6, 6.07) is 21.4. The second kappa shape index (κ2) is 12.5. The van der Waals surface area contributed by atoms with E-state index in [1.807, 2.05) is 41.3 Å². The van der Waals surface area contributed by atoms with Gasteiger partial charge in [-0.15, -0.1) is 0 Å². The number of fused-ring (bicyclic) bond motifs is 1. The molecule has 0 saturated carbocycles. The van der Waals surface area contributed by atoms with Crippen molar-refractivity contribution in [3.63, 3.8) is 0 Å². The third-order valence-electron chi connectivity index (χ3n) is 7.52. The van der Waals surface area contributed by atoms with Gasteiger partial charge in [0.05, 0.1) is 34.6 Å². The highest BCUT2D eigenvalue weighted by Gasteiger charge is 2.25. The van der Waals surface area contributed by atoms with E-state index in [1.54, 1.807) is 13.2 Å². The summed E-state index contributed by atoms with van der Waals surface area (Å²) in [5, 5.41) is 9.53. The van der Waals surface area contributed by atoms with Gasteiger partial charge in [0.15, 0.2) is 0 Å². The molecule has 2 heterocycles. The first-order valence-electron chi connectivity index (χ1n) is 13.6. The summed E-state index contributed by atoms with van der Waals surface area (Å²) in [6.45, 7) is 1.43. The number of amides is 1. The summed E-state index contributed by atoms with van der Waals surface area (Å²) < 4.78 is 5.29. The average Bonchev–Trinajstić information content (AvgIpc) is 2.98. The van der Waals surface area contributed by atoms with Gasteiger partial charge >= 0.3 is 5.97 Å². The fourth-order valence-corrected chi connectivity index (χ4v) is 5.58. The SMILES string of the molecule is COc1ccc(-c2nc3ccc(C(=O)N4CCC(c5ccccc5)CC4)cc3nc2CCCCC(=O)O)c(Cl)c1. The second-order valence-electron chi connectivity index (χ2n) is 10.1. The van der Waals surface area contributed by atoms with Crippen molar-refractivity contribution in [2.24, 2.45) is 0 Å². The summed E-state index contributed by atoms with van der Waals surface area (Å²) in [5.74, 6) is 0.292. The molecule has 40 heavy (non-hydrogen) atoms. The zero-order valence-corrected chi connectivity index (χ0v) is 23.2. The molecule has 0 atom stereocenters. The van der Waals surface area contributed by atoms with Crippen LogP contribution in [0.15, 0.2) is 66.7 Å². The predicted molar refractivity (Wildman–Crippen MR) is 156 cm³/mol. The zero-order valence-electron chi connectivity index (χ0n) is 22.5. The minimum atomic E-state index is -0.820. The molecule has 1 saturated heterocycles. The summed E-state index contributed by atoms with van der Waals surface area (Å²) in [7, 11) is 1.58. The molecule has 0 radical (unpaired) electrons. The topological polar surface area (TPSA) is 92.6 Å². The molecule has 1 fully saturated rings. The summed E-state index contributed by atoms with van der Waals surface area (Å²) in [6.07, 6.45) is 3.69. The number of ether oxygens (including phenoxy) is 1. The number of carboxylic acid groups (broad SMARTS) is 1. The Labute approximate surface area is 238 Å². The lowest BCUT2D eigenvalue weighted by Crippen LogP contribution is -2.37. The van der Waals surface area contributed by atoms with Crippen molar-refractivity contribution in [2.45, 2.75) is 44.4 Å². The van der Waals surface area contributed by atoms with Crippen LogP contribution in [-0.4, -0.2) is 52.1 Å². The van der Waals surface area contributed by atoms with E-state index < -0.39 is 5.97 Å². The van der Waals surface area contributed by atoms with Crippen LogP contribution < -0.4 is 4.74 Å². The normalized spacial score (nSPS) is 13.9. The van der Waals surface area contributed by atoms with Crippen LogP contribution in [0.4, 0.5) is 0 Å². The quantitative estimate of drug-likeness (QED) is 0.228. The molecular weight excluding hydrogens is 526 g/mol. The molecule has 3 aromatic carbocycles. The zero-order chi connectivity index (χ0) is 28.1. The van der Waals surface area contributed by atoms with E-state index in [0.717, 1.165) is 24.1 Å². The number of piperidine rings is 1. The van der Waals surface area contributed by atoms with Gasteiger partial charge < -0.3 is 14.7 Å². The van der Waals surface area contributed by atoms with E-state index in [4.69, 9.17) is 31.4 Å². The molecule has 0 aliphatic carbocycles. The van der Waals surface area contributed by atoms with E-state index in [9.17, 15) is 9.59 Å². The monoisotopic (exact) mass is 557 g/mol. The maximum atomic E-state index is 13.4. The van der Waals surface area contributed by atoms with Gasteiger partial charge in [-0.3, -0.25) is 9.59 Å². The highest BCUT2D eigenvalue weighted by molar-refractivity contribution is 6.33. The van der Waals surface area contributed by atoms with Gasteiger partial charge in [-0.1, -0.05) is 41.9 Å². The van der Waals surface area contributed by atoms with Gasteiger partial charge in [-0.25, -0.2) is 9.97 Å². The van der Waals surface area contributed by atoms with Crippen molar-refractivity contribution in [1.82, 2.24) is 14.9 Å². The molecule has 1 N–H and O–H groups in total. The van der Waals surface area contributed by atoms with Crippen LogP contribution in [0, 0.1) is 0 Å². The van der Waals surface area contributed by atoms with Crippen molar-refractivity contribution < 1.29 is 19.4 Å². The Morgan fingerprint density at radius 2 is 1.75 bits per heavy atom. The molecule has 0 spiro atoms. The summed E-state index contributed by atoms with van der Waals surface area (Å²) in [4.78, 5) is 36.2. The molecular formula is C32H32ClN3O4. The average molecular weight is 558 g/mol. The first-order valence-corrected chi connectivity index (χ1v) is 14.0. The van der Waals surface area contributed by atoms with Crippen LogP contribution in [-0.2, 0) is 11.2 Å². The lowest BCUT2D eigenvalue weighted by Gasteiger charge is -2.32. The molecule has 8 heteroatoms. The number of carboxylic acids is 1. The lowest BCUT2D eigenvalue weighted by atomic mass is 9.89. The number of unbranched alkanes of at least 4 members (excludes halogenated alkanes) is 1. The Hall–Kier alpha value is -3.97. The molecule has 7 nitrogen and oxygen atoms in total. The Morgan fingerprint density at radius 3 is 2.45 bits per heavy atom. The number of aromatic nitrogens is 2. The molecule has 206 valence electrons. The summed E-state index contributed by atoms with van der Waals surface area (Å²) >= 11 is 6.60. The maximum Gasteiger partial charge on any atom is 0.303 e. The number of aryl methyl sites for hydroxylation is 1. The van der Waals surface area contributed by atoms with E-state index in [0.29, 0.717) is 71.3 Å². The van der Waals surface area contributed by atoms with Crippen molar-refractivity contribution in [3.8, 4) is 17.0 Å². The molecule has 4 aromatic rings. The molecule has 1 aliphatic rings. The van der Waals surface area contributed by atoms with Crippen LogP contribution in [0.1, 0.15) is 59.6 Å². The first-order chi connectivity index (χ1) is 19.4. The van der Waals surface area contributed by atoms with Crippen LogP contribution >= 0.6 is 11.6 Å². The smallest absolute Gasteiger partial charge is 0.303 e. The van der Waals surface area contributed by atoms with Crippen molar-refractivity contribution >= 4 is 34.5 Å². The van der Waals surface area contributed by atoms with Crippen LogP contribution in [0.2, 0.25) is 5.02 Å². The number of methoxy groups -OCH3 is 1. The number of carbonyl (C=O) groups excluding carboxylic acids is 1. The molecule has 1 aromatic heterocycles. The molecule has 0 bridgehead atoms. The van der Waals surface area contributed by atoms with Crippen molar-refractivity contribution in [3.05, 3.63) is 88.6 Å². The molecule has 1 aliphatic heterocycles. The number of likely N-dealkylation sites (tertiary alicyclic amines) is 1. The minimum Gasteiger partial charge on any atom is -0.497 e. The van der Waals surface area contributed by atoms with E-state index >= 15 is 0 Å². The molecule has 1 amide bonds. The highest BCUT2D eigenvalue weighted by atomic mass is 35.5. The Morgan fingerprint density at radius 1 is 0.975 bits per heavy atom. The summed E-state index contributed by atoms with van der Waals surface area (Å²) in [5.41, 5.74) is 5.32. The van der Waals surface area contributed by atoms with Gasteiger partial charge in [0.2, 0.25) is 0 Å². The largest absolute Gasteiger partial charge is 0.497 e. The number of hydrogen-bond donors (Lipinski definition) is 1. The van der Waals surface area contributed by atoms with E-state index in [1.165, 1.54) is 5.56 Å². The number of carbonyl (C=O) groups is 2. The lowest BCUT2D eigenvalue weighted by molar-refractivity contribution is -0.137. The first kappa shape index (κ1) is 27.6. The fraction of sp³-hybridized carbons (Fsp3) is 0.312. The van der Waals surface area contributed by atoms with Gasteiger partial charge in [-0.05, 0) is 80.0 Å². The van der Waals surface area contributed by atoms with Gasteiger partial charge in [0.1, 0.15) is 5.75 Å². The second-order valence-corrected chi connectivity index (χ2v) is 10.6. The van der Waals surface area contributed by atoms with Gasteiger partial charge in [0.25, 0.3) is 5.91 Å². The van der Waals surface area contributed by atoms with E-state index in [2.05, 4.69) is 24.3 Å². The van der Waals surface area contributed by atoms with Gasteiger partial charge in [-0.2, -0.15) is 0 Å². The van der Waals surface area contributed by atoms with E-state index in [-0.39, 0.29) is 12.3 Å². The fourth-order valence-electron chi connectivity index (χ4n) is 5.32. The highest BCUT2D eigenvalue weighted by Crippen LogP contribution is 2.34.